The van der Waals surface area contributed by atoms with Crippen LogP contribution in [0.1, 0.15) is 24.5 Å². The average Bonchev–Trinajstić information content (AvgIpc) is 2.78. The molecule has 0 bridgehead atoms. The van der Waals surface area contributed by atoms with Gasteiger partial charge in [-0.1, -0.05) is 0 Å². The van der Waals surface area contributed by atoms with Gasteiger partial charge in [0.2, 0.25) is 10.0 Å². The summed E-state index contributed by atoms with van der Waals surface area (Å²) in [5.41, 5.74) is 0. The molecule has 20 heavy (non-hydrogen) atoms. The lowest BCUT2D eigenvalue weighted by molar-refractivity contribution is 0.441. The SMILES string of the molecule is CN=C(NCCNS(C)(=O)=O)NC(C)c1ccc(C)o1. The van der Waals surface area contributed by atoms with Gasteiger partial charge in [-0.05, 0) is 26.0 Å². The summed E-state index contributed by atoms with van der Waals surface area (Å²) in [5, 5.41) is 6.18. The van der Waals surface area contributed by atoms with Crippen LogP contribution in [0.5, 0.6) is 0 Å². The topological polar surface area (TPSA) is 95.7 Å². The number of furan rings is 1. The Morgan fingerprint density at radius 2 is 2.10 bits per heavy atom. The first kappa shape index (κ1) is 16.5. The Bertz CT molecular complexity index is 551. The Morgan fingerprint density at radius 1 is 1.40 bits per heavy atom. The van der Waals surface area contributed by atoms with Gasteiger partial charge in [-0.3, -0.25) is 4.99 Å². The fourth-order valence-corrected chi connectivity index (χ4v) is 2.05. The summed E-state index contributed by atoms with van der Waals surface area (Å²) in [6.07, 6.45) is 1.13. The molecule has 1 aromatic rings. The highest BCUT2D eigenvalue weighted by Gasteiger charge is 2.11. The van der Waals surface area contributed by atoms with Crippen molar-refractivity contribution in [2.45, 2.75) is 19.9 Å². The molecule has 0 aliphatic rings. The third-order valence-corrected chi connectivity index (χ3v) is 3.27. The third kappa shape index (κ3) is 6.07. The number of nitrogens with one attached hydrogen (secondary N) is 3. The quantitative estimate of drug-likeness (QED) is 0.401. The number of aryl methyl sites for hydroxylation is 1. The van der Waals surface area contributed by atoms with Crippen LogP contribution >= 0.6 is 0 Å². The highest BCUT2D eigenvalue weighted by Crippen LogP contribution is 2.15. The van der Waals surface area contributed by atoms with Crippen molar-refractivity contribution in [3.8, 4) is 0 Å². The van der Waals surface area contributed by atoms with Crippen molar-refractivity contribution in [1.82, 2.24) is 15.4 Å². The van der Waals surface area contributed by atoms with Crippen LogP contribution in [0.25, 0.3) is 0 Å². The van der Waals surface area contributed by atoms with Crippen LogP contribution in [0.2, 0.25) is 0 Å². The van der Waals surface area contributed by atoms with Crippen molar-refractivity contribution >= 4 is 16.0 Å². The predicted octanol–water partition coefficient (Wildman–Crippen LogP) is 0.363. The van der Waals surface area contributed by atoms with E-state index in [2.05, 4.69) is 20.3 Å². The van der Waals surface area contributed by atoms with Crippen LogP contribution in [0.15, 0.2) is 21.5 Å². The monoisotopic (exact) mass is 302 g/mol. The molecule has 0 spiro atoms. The lowest BCUT2D eigenvalue weighted by Crippen LogP contribution is -2.42. The first-order valence-electron chi connectivity index (χ1n) is 6.30. The second kappa shape index (κ2) is 7.30. The fraction of sp³-hybridized carbons (Fsp3) is 0.583. The number of hydrogen-bond acceptors (Lipinski definition) is 4. The largest absolute Gasteiger partial charge is 0.464 e. The number of guanidine groups is 1. The highest BCUT2D eigenvalue weighted by atomic mass is 32.2. The molecule has 0 radical (unpaired) electrons. The normalized spacial score (nSPS) is 14.1. The van der Waals surface area contributed by atoms with Gasteiger partial charge in [0.1, 0.15) is 11.5 Å². The summed E-state index contributed by atoms with van der Waals surface area (Å²) in [6.45, 7) is 4.59. The molecule has 1 heterocycles. The molecule has 1 unspecified atom stereocenters. The first-order chi connectivity index (χ1) is 9.31. The molecule has 7 nitrogen and oxygen atoms in total. The summed E-state index contributed by atoms with van der Waals surface area (Å²) in [6, 6.07) is 3.78. The van der Waals surface area contributed by atoms with Crippen LogP contribution < -0.4 is 15.4 Å². The van der Waals surface area contributed by atoms with E-state index in [4.69, 9.17) is 4.42 Å². The molecule has 1 atom stereocenters. The Balaban J connectivity index is 2.40. The summed E-state index contributed by atoms with van der Waals surface area (Å²) in [7, 11) is -1.51. The van der Waals surface area contributed by atoms with E-state index in [1.807, 2.05) is 26.0 Å². The van der Waals surface area contributed by atoms with E-state index >= 15 is 0 Å². The second-order valence-corrected chi connectivity index (χ2v) is 6.31. The summed E-state index contributed by atoms with van der Waals surface area (Å²) < 4.78 is 29.7. The molecule has 0 aliphatic heterocycles. The van der Waals surface area contributed by atoms with Crippen molar-refractivity contribution in [3.05, 3.63) is 23.7 Å². The summed E-state index contributed by atoms with van der Waals surface area (Å²) in [5.74, 6) is 2.26. The minimum absolute atomic E-state index is 0.0298. The Morgan fingerprint density at radius 3 is 2.60 bits per heavy atom. The zero-order valence-corrected chi connectivity index (χ0v) is 13.0. The summed E-state index contributed by atoms with van der Waals surface area (Å²) in [4.78, 5) is 4.07. The minimum Gasteiger partial charge on any atom is -0.464 e. The van der Waals surface area contributed by atoms with Crippen molar-refractivity contribution in [1.29, 1.82) is 0 Å². The maximum Gasteiger partial charge on any atom is 0.208 e. The van der Waals surface area contributed by atoms with Gasteiger partial charge in [-0.15, -0.1) is 0 Å². The van der Waals surface area contributed by atoms with Crippen LogP contribution in [-0.2, 0) is 10.0 Å². The molecule has 0 saturated carbocycles. The number of nitrogens with zero attached hydrogens (tertiary/aromatic N) is 1. The van der Waals surface area contributed by atoms with Crippen LogP contribution in [0.3, 0.4) is 0 Å². The second-order valence-electron chi connectivity index (χ2n) is 4.48. The van der Waals surface area contributed by atoms with Gasteiger partial charge in [0.05, 0.1) is 12.3 Å². The lowest BCUT2D eigenvalue weighted by Gasteiger charge is -2.16. The maximum atomic E-state index is 10.9. The average molecular weight is 302 g/mol. The highest BCUT2D eigenvalue weighted by molar-refractivity contribution is 7.88. The van der Waals surface area contributed by atoms with E-state index in [0.29, 0.717) is 19.0 Å². The molecule has 3 N–H and O–H groups in total. The standard InChI is InChI=1S/C12H22N4O3S/c1-9-5-6-11(19-9)10(2)16-12(13-3)14-7-8-15-20(4,17)18/h5-6,10,15H,7-8H2,1-4H3,(H2,13,14,16). The van der Waals surface area contributed by atoms with Gasteiger partial charge in [0.25, 0.3) is 0 Å². The lowest BCUT2D eigenvalue weighted by atomic mass is 10.2. The molecule has 114 valence electrons. The Hall–Kier alpha value is -1.54. The van der Waals surface area contributed by atoms with E-state index in [1.165, 1.54) is 0 Å². The minimum atomic E-state index is -3.16. The van der Waals surface area contributed by atoms with Crippen LogP contribution in [0, 0.1) is 6.92 Å². The van der Waals surface area contributed by atoms with Crippen molar-refractivity contribution in [2.75, 3.05) is 26.4 Å². The molecule has 0 fully saturated rings. The van der Waals surface area contributed by atoms with Crippen LogP contribution in [0.4, 0.5) is 0 Å². The number of hydrogen-bond donors (Lipinski definition) is 3. The number of sulfonamides is 1. The fourth-order valence-electron chi connectivity index (χ4n) is 1.57. The van der Waals surface area contributed by atoms with Crippen molar-refractivity contribution in [2.24, 2.45) is 4.99 Å². The Kier molecular flexibility index (Phi) is 6.03. The molecule has 0 aromatic carbocycles. The van der Waals surface area contributed by atoms with Gasteiger partial charge >= 0.3 is 0 Å². The Labute approximate surface area is 119 Å². The first-order valence-corrected chi connectivity index (χ1v) is 8.19. The number of aliphatic imine (C=N–C) groups is 1. The summed E-state index contributed by atoms with van der Waals surface area (Å²) >= 11 is 0. The zero-order valence-electron chi connectivity index (χ0n) is 12.2. The van der Waals surface area contributed by atoms with E-state index in [0.717, 1.165) is 17.8 Å². The third-order valence-electron chi connectivity index (χ3n) is 2.55. The van der Waals surface area contributed by atoms with E-state index < -0.39 is 10.0 Å². The molecular formula is C12H22N4O3S. The molecule has 8 heteroatoms. The van der Waals surface area contributed by atoms with Gasteiger partial charge in [0.15, 0.2) is 5.96 Å². The molecule has 1 rings (SSSR count). The maximum absolute atomic E-state index is 10.9. The molecule has 0 aliphatic carbocycles. The van der Waals surface area contributed by atoms with E-state index in [1.54, 1.807) is 7.05 Å². The molecular weight excluding hydrogens is 280 g/mol. The molecule has 0 saturated heterocycles. The smallest absolute Gasteiger partial charge is 0.208 e. The van der Waals surface area contributed by atoms with Gasteiger partial charge in [0, 0.05) is 20.1 Å². The van der Waals surface area contributed by atoms with Gasteiger partial charge in [-0.2, -0.15) is 0 Å². The van der Waals surface area contributed by atoms with Crippen molar-refractivity contribution in [3.63, 3.8) is 0 Å². The molecule has 1 aromatic heterocycles. The van der Waals surface area contributed by atoms with E-state index in [9.17, 15) is 8.42 Å². The van der Waals surface area contributed by atoms with Gasteiger partial charge < -0.3 is 15.1 Å². The van der Waals surface area contributed by atoms with Gasteiger partial charge in [-0.25, -0.2) is 13.1 Å². The van der Waals surface area contributed by atoms with E-state index in [-0.39, 0.29) is 6.04 Å². The number of rotatable bonds is 6. The van der Waals surface area contributed by atoms with Crippen LogP contribution in [-0.4, -0.2) is 40.8 Å². The predicted molar refractivity (Wildman–Crippen MR) is 79.2 cm³/mol. The molecule has 0 amide bonds. The zero-order chi connectivity index (χ0) is 15.2. The van der Waals surface area contributed by atoms with Crippen molar-refractivity contribution < 1.29 is 12.8 Å².